The topological polar surface area (TPSA) is 46.1 Å². The molecule has 2 nitrogen and oxygen atoms in total. The van der Waals surface area contributed by atoms with Crippen molar-refractivity contribution in [3.05, 3.63) is 57.9 Å². The van der Waals surface area contributed by atoms with E-state index in [-0.39, 0.29) is 0 Å². The molecule has 0 amide bonds. The Labute approximate surface area is 140 Å². The molecular weight excluding hydrogens is 315 g/mol. The first-order chi connectivity index (χ1) is 10.2. The van der Waals surface area contributed by atoms with E-state index in [0.29, 0.717) is 5.92 Å². The maximum atomic E-state index is 8.25. The molecule has 1 aliphatic rings. The number of rotatable bonds is 1. The molecule has 0 N–H and O–H groups in total. The molecule has 2 aromatic rings. The summed E-state index contributed by atoms with van der Waals surface area (Å²) in [4.78, 5) is 0. The van der Waals surface area contributed by atoms with Gasteiger partial charge in [-0.3, -0.25) is 0 Å². The van der Waals surface area contributed by atoms with Crippen molar-refractivity contribution in [1.29, 1.82) is 0 Å². The van der Waals surface area contributed by atoms with Gasteiger partial charge in [-0.1, -0.05) is 0 Å². The fraction of sp³-hybridized carbons (Fsp3) is 0.294. The average molecular weight is 335 g/mol. The van der Waals surface area contributed by atoms with E-state index in [0.717, 1.165) is 22.4 Å². The molecule has 0 spiro atoms. The van der Waals surface area contributed by atoms with E-state index in [4.69, 9.17) is 10.2 Å². The van der Waals surface area contributed by atoms with Gasteiger partial charge >= 0.3 is 116 Å². The van der Waals surface area contributed by atoms with E-state index in [1.807, 2.05) is 0 Å². The molecule has 0 fully saturated rings. The Morgan fingerprint density at radius 2 is 1.62 bits per heavy atom. The maximum absolute atomic E-state index is 8.25. The normalized spacial score (nSPS) is 15.1. The predicted octanol–water partition coefficient (Wildman–Crippen LogP) is 1.62. The van der Waals surface area contributed by atoms with Gasteiger partial charge < -0.3 is 10.2 Å². The zero-order valence-electron chi connectivity index (χ0n) is 12.9. The van der Waals surface area contributed by atoms with E-state index in [1.54, 1.807) is 8.90 Å². The fourth-order valence-electron chi connectivity index (χ4n) is 2.52. The van der Waals surface area contributed by atoms with Gasteiger partial charge in [0.25, 0.3) is 0 Å². The van der Waals surface area contributed by atoms with Crippen LogP contribution in [0.1, 0.15) is 33.5 Å². The van der Waals surface area contributed by atoms with Crippen molar-refractivity contribution in [3.63, 3.8) is 0 Å². The van der Waals surface area contributed by atoms with Gasteiger partial charge in [-0.25, -0.2) is 0 Å². The number of hydrogen-bond donors (Lipinski definition) is 0. The van der Waals surface area contributed by atoms with E-state index < -0.39 is 0 Å². The Morgan fingerprint density at radius 3 is 2.19 bits per heavy atom. The summed E-state index contributed by atoms with van der Waals surface area (Å²) in [7, 11) is 2.39. The van der Waals surface area contributed by atoms with Crippen molar-refractivity contribution < 1.29 is 30.6 Å². The Bertz CT molecular complexity index is 617. The number of benzene rings is 1. The van der Waals surface area contributed by atoms with Crippen LogP contribution in [0.3, 0.4) is 0 Å². The van der Waals surface area contributed by atoms with Crippen LogP contribution in [0.2, 0.25) is 0 Å². The van der Waals surface area contributed by atoms with Crippen LogP contribution in [0.5, 0.6) is 0 Å². The summed E-state index contributed by atoms with van der Waals surface area (Å²) < 4.78 is 1.57. The van der Waals surface area contributed by atoms with Crippen molar-refractivity contribution >= 4 is 17.9 Å². The summed E-state index contributed by atoms with van der Waals surface area (Å²) in [5.74, 6) is 0.525. The van der Waals surface area contributed by atoms with Crippen LogP contribution in [0.15, 0.2) is 30.3 Å². The van der Waals surface area contributed by atoms with Gasteiger partial charge in [-0.2, -0.15) is 14.2 Å². The minimum atomic E-state index is 0.525. The fourth-order valence-corrected chi connectivity index (χ4v) is 4.87. The first-order valence-corrected chi connectivity index (χ1v) is 8.46. The van der Waals surface area contributed by atoms with E-state index in [9.17, 15) is 0 Å². The van der Waals surface area contributed by atoms with Gasteiger partial charge in [-0.05, 0) is 0 Å². The zero-order chi connectivity index (χ0) is 16.0. The summed E-state index contributed by atoms with van der Waals surface area (Å²) in [6.45, 7) is 4.54. The Balaban J connectivity index is 0.000000510. The molecule has 1 heterocycles. The van der Waals surface area contributed by atoms with Gasteiger partial charge in [-0.15, -0.1) is 0 Å². The standard InChI is InChI=1S/C15H14P.2CH3O.Ti/c1-10-9-16-15(11(10)2)14-8-7-12-5-3-4-6-13(12)14;2*1-2;/h3-8,14,16H,1-2H3;2*1H3;/q;2*-1;+2. The average Bonchev–Trinajstić information content (AvgIpc) is 3.08. The molecule has 1 aromatic heterocycles. The van der Waals surface area contributed by atoms with Gasteiger partial charge in [0.15, 0.2) is 0 Å². The molecule has 0 bridgehead atoms. The zero-order valence-corrected chi connectivity index (χ0v) is 15.4. The summed E-state index contributed by atoms with van der Waals surface area (Å²) in [5.41, 5.74) is 5.91. The Kier molecular flexibility index (Phi) is 7.66. The van der Waals surface area contributed by atoms with Gasteiger partial charge in [0.2, 0.25) is 0 Å². The monoisotopic (exact) mass is 335 g/mol. The van der Waals surface area contributed by atoms with Crippen LogP contribution in [0.4, 0.5) is 0 Å². The second-order valence-corrected chi connectivity index (χ2v) is 7.48. The Hall–Kier alpha value is -0.626. The molecule has 2 unspecified atom stereocenters. The molecule has 1 aromatic carbocycles. The third kappa shape index (κ3) is 3.77. The molecule has 0 radical (unpaired) electrons. The molecule has 0 saturated carbocycles. The summed E-state index contributed by atoms with van der Waals surface area (Å²) in [6, 6.07) is 8.76. The van der Waals surface area contributed by atoms with E-state index in [2.05, 4.69) is 70.7 Å². The van der Waals surface area contributed by atoms with Gasteiger partial charge in [0.1, 0.15) is 0 Å². The van der Waals surface area contributed by atoms with E-state index >= 15 is 0 Å². The molecule has 1 aliphatic carbocycles. The summed E-state index contributed by atoms with van der Waals surface area (Å²) >= 11 is 2.27. The van der Waals surface area contributed by atoms with Crippen LogP contribution in [0.25, 0.3) is 6.08 Å². The molecular formula is C17H20O2PTi. The van der Waals surface area contributed by atoms with Crippen LogP contribution in [0, 0.1) is 13.8 Å². The van der Waals surface area contributed by atoms with Gasteiger partial charge in [0.05, 0.1) is 0 Å². The number of hydrogen-bond acceptors (Lipinski definition) is 2. The second kappa shape index (κ2) is 8.73. The first kappa shape index (κ1) is 18.4. The van der Waals surface area contributed by atoms with Crippen molar-refractivity contribution in [2.24, 2.45) is 0 Å². The SMILES string of the molecule is C[O-].C[O-].Cc1[c]([Ti+2])[pH]c(C2C=Cc3ccccc32)c1C. The minimum absolute atomic E-state index is 0.525. The molecule has 0 aliphatic heterocycles. The Morgan fingerprint density at radius 1 is 1.00 bits per heavy atom. The van der Waals surface area contributed by atoms with Crippen molar-refractivity contribution in [3.8, 4) is 0 Å². The molecule has 21 heavy (non-hydrogen) atoms. The molecule has 2 atom stereocenters. The van der Waals surface area contributed by atoms with E-state index in [1.165, 1.54) is 22.3 Å². The predicted molar refractivity (Wildman–Crippen MR) is 84.2 cm³/mol. The van der Waals surface area contributed by atoms with Gasteiger partial charge in [0, 0.05) is 0 Å². The molecule has 109 valence electrons. The van der Waals surface area contributed by atoms with Crippen LogP contribution < -0.4 is 13.8 Å². The number of fused-ring (bicyclic) bond motifs is 1. The summed E-state index contributed by atoms with van der Waals surface area (Å²) in [6.07, 6.45) is 4.64. The van der Waals surface area contributed by atoms with Crippen molar-refractivity contribution in [2.45, 2.75) is 19.8 Å². The first-order valence-electron chi connectivity index (χ1n) is 6.68. The van der Waals surface area contributed by atoms with Crippen LogP contribution in [-0.4, -0.2) is 14.2 Å². The molecule has 0 saturated heterocycles. The third-order valence-electron chi connectivity index (χ3n) is 3.71. The molecule has 3 rings (SSSR count). The molecule has 4 heteroatoms. The second-order valence-electron chi connectivity index (χ2n) is 4.63. The summed E-state index contributed by atoms with van der Waals surface area (Å²) in [5, 5.41) is 18.1. The van der Waals surface area contributed by atoms with Crippen LogP contribution >= 0.6 is 8.19 Å². The van der Waals surface area contributed by atoms with Crippen molar-refractivity contribution in [1.82, 2.24) is 0 Å². The van der Waals surface area contributed by atoms with Crippen molar-refractivity contribution in [2.75, 3.05) is 14.2 Å². The number of allylic oxidation sites excluding steroid dienone is 1. The quantitative estimate of drug-likeness (QED) is 0.744. The van der Waals surface area contributed by atoms with Crippen LogP contribution in [-0.2, 0) is 20.4 Å². The third-order valence-corrected chi connectivity index (χ3v) is 6.46.